The van der Waals surface area contributed by atoms with Crippen LogP contribution < -0.4 is 5.32 Å². The molecule has 0 spiro atoms. The van der Waals surface area contributed by atoms with Gasteiger partial charge in [-0.25, -0.2) is 4.79 Å². The van der Waals surface area contributed by atoms with Crippen LogP contribution in [-0.4, -0.2) is 35.3 Å². The molecule has 3 amide bonds. The minimum atomic E-state index is -0.554. The fourth-order valence-corrected chi connectivity index (χ4v) is 3.53. The highest BCUT2D eigenvalue weighted by atomic mass is 35.5. The van der Waals surface area contributed by atoms with Crippen LogP contribution in [0.15, 0.2) is 58.3 Å². The molecule has 0 fully saturated rings. The quantitative estimate of drug-likeness (QED) is 0.918. The normalized spacial score (nSPS) is 20.2. The van der Waals surface area contributed by atoms with Crippen molar-refractivity contribution < 1.29 is 14.0 Å². The molecule has 1 atom stereocenters. The average Bonchev–Trinajstić information content (AvgIpc) is 3.21. The highest BCUT2D eigenvalue weighted by molar-refractivity contribution is 6.31. The maximum absolute atomic E-state index is 13.0. The van der Waals surface area contributed by atoms with Crippen LogP contribution in [0, 0.1) is 0 Å². The molecule has 0 saturated carbocycles. The Morgan fingerprint density at radius 3 is 2.76 bits per heavy atom. The highest BCUT2D eigenvalue weighted by Gasteiger charge is 2.43. The fourth-order valence-electron chi connectivity index (χ4n) is 3.28. The molecular weight excluding hydrogens is 342 g/mol. The minimum absolute atomic E-state index is 0.122. The van der Waals surface area contributed by atoms with E-state index in [1.807, 2.05) is 24.3 Å². The zero-order chi connectivity index (χ0) is 17.6. The summed E-state index contributed by atoms with van der Waals surface area (Å²) in [5.41, 5.74) is 1.97. The van der Waals surface area contributed by atoms with Gasteiger partial charge in [0.05, 0.1) is 36.7 Å². The van der Waals surface area contributed by atoms with E-state index in [-0.39, 0.29) is 11.9 Å². The number of nitrogens with zero attached hydrogens (tertiary/aromatic N) is 2. The Morgan fingerprint density at radius 1 is 1.24 bits per heavy atom. The zero-order valence-electron chi connectivity index (χ0n) is 13.5. The number of amides is 3. The number of rotatable bonds is 3. The monoisotopic (exact) mass is 357 g/mol. The van der Waals surface area contributed by atoms with Gasteiger partial charge >= 0.3 is 6.03 Å². The van der Waals surface area contributed by atoms with Crippen LogP contribution in [0.4, 0.5) is 4.79 Å². The molecule has 25 heavy (non-hydrogen) atoms. The topological polar surface area (TPSA) is 65.8 Å². The molecule has 0 radical (unpaired) electrons. The Labute approximate surface area is 149 Å². The maximum Gasteiger partial charge on any atom is 0.322 e. The lowest BCUT2D eigenvalue weighted by atomic mass is 9.96. The molecule has 0 bridgehead atoms. The Kier molecular flexibility index (Phi) is 3.77. The predicted octanol–water partition coefficient (Wildman–Crippen LogP) is 2.93. The van der Waals surface area contributed by atoms with Crippen molar-refractivity contribution in [2.45, 2.75) is 12.6 Å². The minimum Gasteiger partial charge on any atom is -0.467 e. The molecule has 1 aromatic heterocycles. The molecule has 7 heteroatoms. The molecule has 1 N–H and O–H groups in total. The van der Waals surface area contributed by atoms with Gasteiger partial charge < -0.3 is 14.6 Å². The first-order chi connectivity index (χ1) is 12.1. The Morgan fingerprint density at radius 2 is 2.04 bits per heavy atom. The van der Waals surface area contributed by atoms with Crippen LogP contribution in [0.3, 0.4) is 0 Å². The molecule has 0 saturated heterocycles. The number of hydrogen-bond acceptors (Lipinski definition) is 3. The van der Waals surface area contributed by atoms with Crippen LogP contribution in [0.25, 0.3) is 0 Å². The zero-order valence-corrected chi connectivity index (χ0v) is 14.3. The van der Waals surface area contributed by atoms with E-state index in [0.29, 0.717) is 40.7 Å². The SMILES string of the molecule is CN1C(=O)N[C@@H](c2ccccc2Cl)C2=C1CN(Cc1ccco1)C2=O. The maximum atomic E-state index is 13.0. The van der Waals surface area contributed by atoms with Crippen molar-refractivity contribution in [1.29, 1.82) is 0 Å². The van der Waals surface area contributed by atoms with Crippen molar-refractivity contribution in [3.05, 3.63) is 70.3 Å². The summed E-state index contributed by atoms with van der Waals surface area (Å²) in [4.78, 5) is 28.5. The van der Waals surface area contributed by atoms with Crippen LogP contribution in [0.2, 0.25) is 5.02 Å². The summed E-state index contributed by atoms with van der Waals surface area (Å²) < 4.78 is 5.35. The lowest BCUT2D eigenvalue weighted by molar-refractivity contribution is -0.126. The van der Waals surface area contributed by atoms with Gasteiger partial charge in [0.2, 0.25) is 0 Å². The number of furan rings is 1. The van der Waals surface area contributed by atoms with Crippen molar-refractivity contribution >= 4 is 23.5 Å². The van der Waals surface area contributed by atoms with E-state index in [1.54, 1.807) is 30.3 Å². The Hall–Kier alpha value is -2.73. The van der Waals surface area contributed by atoms with E-state index in [1.165, 1.54) is 4.90 Å². The molecule has 2 aliphatic heterocycles. The third-order valence-electron chi connectivity index (χ3n) is 4.58. The van der Waals surface area contributed by atoms with Gasteiger partial charge in [0.15, 0.2) is 0 Å². The van der Waals surface area contributed by atoms with Crippen LogP contribution >= 0.6 is 11.6 Å². The van der Waals surface area contributed by atoms with E-state index in [4.69, 9.17) is 16.0 Å². The summed E-state index contributed by atoms with van der Waals surface area (Å²) in [5, 5.41) is 3.39. The Bertz CT molecular complexity index is 875. The summed E-state index contributed by atoms with van der Waals surface area (Å²) in [6.07, 6.45) is 1.58. The van der Waals surface area contributed by atoms with E-state index >= 15 is 0 Å². The molecule has 0 unspecified atom stereocenters. The Balaban J connectivity index is 1.72. The molecule has 2 aliphatic rings. The lowest BCUT2D eigenvalue weighted by Crippen LogP contribution is -2.45. The second-order valence-corrected chi connectivity index (χ2v) is 6.47. The summed E-state index contributed by atoms with van der Waals surface area (Å²) >= 11 is 6.30. The standard InChI is InChI=1S/C18H16ClN3O3/c1-21-14-10-22(9-11-5-4-8-25-11)17(23)15(14)16(20-18(21)24)12-6-2-3-7-13(12)19/h2-8,16H,9-10H2,1H3,(H,20,24)/t16-/m0/s1. The summed E-state index contributed by atoms with van der Waals surface area (Å²) in [5.74, 6) is 0.576. The van der Waals surface area contributed by atoms with E-state index in [0.717, 1.165) is 0 Å². The first kappa shape index (κ1) is 15.8. The van der Waals surface area contributed by atoms with Crippen LogP contribution in [0.1, 0.15) is 17.4 Å². The number of carbonyl (C=O) groups excluding carboxylic acids is 2. The third kappa shape index (κ3) is 2.59. The van der Waals surface area contributed by atoms with Crippen molar-refractivity contribution in [2.75, 3.05) is 13.6 Å². The van der Waals surface area contributed by atoms with Gasteiger partial charge in [-0.2, -0.15) is 0 Å². The molecular formula is C18H16ClN3O3. The average molecular weight is 358 g/mol. The van der Waals surface area contributed by atoms with Crippen molar-refractivity contribution in [2.24, 2.45) is 0 Å². The van der Waals surface area contributed by atoms with E-state index < -0.39 is 6.04 Å². The molecule has 6 nitrogen and oxygen atoms in total. The smallest absolute Gasteiger partial charge is 0.322 e. The van der Waals surface area contributed by atoms with Gasteiger partial charge in [0.25, 0.3) is 5.91 Å². The molecule has 4 rings (SSSR count). The number of urea groups is 1. The highest BCUT2D eigenvalue weighted by Crippen LogP contribution is 2.38. The lowest BCUT2D eigenvalue weighted by Gasteiger charge is -2.31. The van der Waals surface area contributed by atoms with Gasteiger partial charge in [0, 0.05) is 12.1 Å². The number of likely N-dealkylation sites (N-methyl/N-ethyl adjacent to an activating group) is 1. The molecule has 0 aliphatic carbocycles. The molecule has 2 aromatic rings. The van der Waals surface area contributed by atoms with Crippen molar-refractivity contribution in [3.63, 3.8) is 0 Å². The second kappa shape index (κ2) is 5.97. The second-order valence-electron chi connectivity index (χ2n) is 6.06. The summed E-state index contributed by atoms with van der Waals surface area (Å²) in [6, 6.07) is 10.0. The first-order valence-corrected chi connectivity index (χ1v) is 8.27. The molecule has 3 heterocycles. The van der Waals surface area contributed by atoms with Crippen LogP contribution in [0.5, 0.6) is 0 Å². The number of benzene rings is 1. The van der Waals surface area contributed by atoms with Crippen molar-refractivity contribution in [3.8, 4) is 0 Å². The van der Waals surface area contributed by atoms with Gasteiger partial charge in [-0.15, -0.1) is 0 Å². The van der Waals surface area contributed by atoms with Crippen molar-refractivity contribution in [1.82, 2.24) is 15.1 Å². The number of halogens is 1. The number of hydrogen-bond donors (Lipinski definition) is 1. The predicted molar refractivity (Wildman–Crippen MR) is 91.6 cm³/mol. The fraction of sp³-hybridized carbons (Fsp3) is 0.222. The summed E-state index contributed by atoms with van der Waals surface area (Å²) in [6.45, 7) is 0.718. The first-order valence-electron chi connectivity index (χ1n) is 7.89. The van der Waals surface area contributed by atoms with Gasteiger partial charge in [-0.3, -0.25) is 9.69 Å². The number of carbonyl (C=O) groups is 2. The summed E-state index contributed by atoms with van der Waals surface area (Å²) in [7, 11) is 1.66. The third-order valence-corrected chi connectivity index (χ3v) is 4.92. The van der Waals surface area contributed by atoms with E-state index in [2.05, 4.69) is 5.32 Å². The molecule has 1 aromatic carbocycles. The van der Waals surface area contributed by atoms with Gasteiger partial charge in [0.1, 0.15) is 5.76 Å². The number of nitrogens with one attached hydrogen (secondary N) is 1. The van der Waals surface area contributed by atoms with Gasteiger partial charge in [-0.05, 0) is 23.8 Å². The largest absolute Gasteiger partial charge is 0.467 e. The van der Waals surface area contributed by atoms with Crippen LogP contribution in [-0.2, 0) is 11.3 Å². The molecule has 128 valence electrons. The van der Waals surface area contributed by atoms with E-state index in [9.17, 15) is 9.59 Å². The van der Waals surface area contributed by atoms with Gasteiger partial charge in [-0.1, -0.05) is 29.8 Å².